The monoisotopic (exact) mass is 282 g/mol. The summed E-state index contributed by atoms with van der Waals surface area (Å²) in [5.41, 5.74) is 0.695. The van der Waals surface area contributed by atoms with Crippen molar-refractivity contribution in [2.24, 2.45) is 5.92 Å². The molecule has 0 atom stereocenters. The summed E-state index contributed by atoms with van der Waals surface area (Å²) < 4.78 is 14.0. The predicted molar refractivity (Wildman–Crippen MR) is 76.4 cm³/mol. The Morgan fingerprint density at radius 3 is 2.47 bits per heavy atom. The fourth-order valence-corrected chi connectivity index (χ4v) is 2.59. The first-order valence-corrected chi connectivity index (χ1v) is 7.19. The van der Waals surface area contributed by atoms with Gasteiger partial charge in [-0.05, 0) is 29.0 Å². The van der Waals surface area contributed by atoms with Gasteiger partial charge in [0.2, 0.25) is 0 Å². The van der Waals surface area contributed by atoms with Gasteiger partial charge in [0.1, 0.15) is 5.82 Å². The van der Waals surface area contributed by atoms with Crippen molar-refractivity contribution in [2.45, 2.75) is 51.9 Å². The molecular formula is C16H20ClFO. The number of carbonyl (C=O) groups excluding carboxylic acids is 1. The minimum atomic E-state index is -0.408. The molecule has 3 heteroatoms. The van der Waals surface area contributed by atoms with Gasteiger partial charge in [0, 0.05) is 12.0 Å². The van der Waals surface area contributed by atoms with E-state index in [1.165, 1.54) is 12.5 Å². The number of ketones is 1. The Kier molecular flexibility index (Phi) is 4.00. The molecule has 1 aromatic rings. The van der Waals surface area contributed by atoms with E-state index in [0.29, 0.717) is 23.5 Å². The zero-order valence-corrected chi connectivity index (χ0v) is 12.5. The van der Waals surface area contributed by atoms with Crippen molar-refractivity contribution in [1.82, 2.24) is 0 Å². The SMILES string of the molecule is CC(C)(C)c1cc(C(=O)CC2CCC2)cc(Cl)c1F. The van der Waals surface area contributed by atoms with E-state index in [-0.39, 0.29) is 16.2 Å². The van der Waals surface area contributed by atoms with Crippen LogP contribution in [-0.4, -0.2) is 5.78 Å². The maximum absolute atomic E-state index is 14.0. The summed E-state index contributed by atoms with van der Waals surface area (Å²) in [6.45, 7) is 5.76. The Bertz CT molecular complexity index is 498. The number of Topliss-reactive ketones (excluding diaryl/α,β-unsaturated/α-hetero) is 1. The van der Waals surface area contributed by atoms with Gasteiger partial charge in [-0.1, -0.05) is 51.6 Å². The van der Waals surface area contributed by atoms with Crippen LogP contribution in [0, 0.1) is 11.7 Å². The van der Waals surface area contributed by atoms with Crippen molar-refractivity contribution < 1.29 is 9.18 Å². The molecule has 1 nitrogen and oxygen atoms in total. The highest BCUT2D eigenvalue weighted by molar-refractivity contribution is 6.31. The first-order chi connectivity index (χ1) is 8.79. The zero-order valence-electron chi connectivity index (χ0n) is 11.7. The largest absolute Gasteiger partial charge is 0.294 e. The molecule has 0 heterocycles. The average Bonchev–Trinajstić information content (AvgIpc) is 2.25. The Balaban J connectivity index is 2.30. The van der Waals surface area contributed by atoms with Crippen LogP contribution in [0.4, 0.5) is 4.39 Å². The molecule has 1 saturated carbocycles. The standard InChI is InChI=1S/C16H20ClFO/c1-16(2,3)12-8-11(9-13(17)15(12)18)14(19)7-10-5-4-6-10/h8-10H,4-7H2,1-3H3. The van der Waals surface area contributed by atoms with Crippen LogP contribution in [0.2, 0.25) is 5.02 Å². The zero-order chi connectivity index (χ0) is 14.2. The smallest absolute Gasteiger partial charge is 0.163 e. The van der Waals surface area contributed by atoms with Crippen molar-refractivity contribution in [1.29, 1.82) is 0 Å². The molecule has 0 saturated heterocycles. The molecule has 0 spiro atoms. The highest BCUT2D eigenvalue weighted by Gasteiger charge is 2.25. The fraction of sp³-hybridized carbons (Fsp3) is 0.562. The van der Waals surface area contributed by atoms with Gasteiger partial charge in [0.25, 0.3) is 0 Å². The van der Waals surface area contributed by atoms with E-state index >= 15 is 0 Å². The van der Waals surface area contributed by atoms with Gasteiger partial charge < -0.3 is 0 Å². The molecule has 0 aromatic heterocycles. The maximum atomic E-state index is 14.0. The summed E-state index contributed by atoms with van der Waals surface area (Å²) in [6.07, 6.45) is 4.04. The molecule has 0 N–H and O–H groups in total. The van der Waals surface area contributed by atoms with Crippen molar-refractivity contribution in [3.05, 3.63) is 34.1 Å². The van der Waals surface area contributed by atoms with Crippen LogP contribution >= 0.6 is 11.6 Å². The molecule has 0 unspecified atom stereocenters. The number of hydrogen-bond donors (Lipinski definition) is 0. The van der Waals surface area contributed by atoms with Crippen molar-refractivity contribution in [2.75, 3.05) is 0 Å². The molecule has 0 amide bonds. The Hall–Kier alpha value is -0.890. The maximum Gasteiger partial charge on any atom is 0.163 e. The lowest BCUT2D eigenvalue weighted by Gasteiger charge is -2.25. The molecule has 104 valence electrons. The quantitative estimate of drug-likeness (QED) is 0.701. The first kappa shape index (κ1) is 14.5. The highest BCUT2D eigenvalue weighted by Crippen LogP contribution is 2.33. The van der Waals surface area contributed by atoms with Crippen molar-refractivity contribution >= 4 is 17.4 Å². The summed E-state index contributed by atoms with van der Waals surface area (Å²) in [7, 11) is 0. The minimum Gasteiger partial charge on any atom is -0.294 e. The van der Waals surface area contributed by atoms with Crippen LogP contribution in [0.25, 0.3) is 0 Å². The van der Waals surface area contributed by atoms with E-state index in [0.717, 1.165) is 12.8 Å². The van der Waals surface area contributed by atoms with Crippen LogP contribution in [0.5, 0.6) is 0 Å². The molecule has 0 radical (unpaired) electrons. The molecule has 2 rings (SSSR count). The van der Waals surface area contributed by atoms with Gasteiger partial charge >= 0.3 is 0 Å². The second-order valence-electron chi connectivity index (χ2n) is 6.49. The molecule has 0 aliphatic heterocycles. The molecule has 0 bridgehead atoms. The third-order valence-corrected chi connectivity index (χ3v) is 4.13. The van der Waals surface area contributed by atoms with Gasteiger partial charge in [-0.2, -0.15) is 0 Å². The van der Waals surface area contributed by atoms with E-state index in [2.05, 4.69) is 0 Å². The number of rotatable bonds is 3. The normalized spacial score (nSPS) is 16.3. The third kappa shape index (κ3) is 3.17. The Morgan fingerprint density at radius 2 is 2.00 bits per heavy atom. The molecule has 1 fully saturated rings. The van der Waals surface area contributed by atoms with E-state index < -0.39 is 5.82 Å². The molecule has 1 aliphatic rings. The summed E-state index contributed by atoms with van der Waals surface area (Å²) in [5.74, 6) is 0.181. The summed E-state index contributed by atoms with van der Waals surface area (Å²) >= 11 is 5.93. The van der Waals surface area contributed by atoms with Crippen LogP contribution < -0.4 is 0 Å². The van der Waals surface area contributed by atoms with Gasteiger partial charge in [-0.25, -0.2) is 4.39 Å². The lowest BCUT2D eigenvalue weighted by molar-refractivity contribution is 0.0936. The van der Waals surface area contributed by atoms with Crippen LogP contribution in [-0.2, 0) is 5.41 Å². The summed E-state index contributed by atoms with van der Waals surface area (Å²) in [4.78, 5) is 12.2. The molecule has 1 aliphatic carbocycles. The first-order valence-electron chi connectivity index (χ1n) is 6.82. The third-order valence-electron chi connectivity index (χ3n) is 3.86. The summed E-state index contributed by atoms with van der Waals surface area (Å²) in [6, 6.07) is 3.13. The van der Waals surface area contributed by atoms with Crippen molar-refractivity contribution in [3.8, 4) is 0 Å². The fourth-order valence-electron chi connectivity index (χ4n) is 2.37. The number of halogens is 2. The second-order valence-corrected chi connectivity index (χ2v) is 6.90. The average molecular weight is 283 g/mol. The topological polar surface area (TPSA) is 17.1 Å². The van der Waals surface area contributed by atoms with E-state index in [1.54, 1.807) is 6.07 Å². The number of benzene rings is 1. The lowest BCUT2D eigenvalue weighted by Crippen LogP contribution is -2.18. The van der Waals surface area contributed by atoms with Gasteiger partial charge in [0.15, 0.2) is 5.78 Å². The van der Waals surface area contributed by atoms with Gasteiger partial charge in [-0.3, -0.25) is 4.79 Å². The van der Waals surface area contributed by atoms with E-state index in [9.17, 15) is 9.18 Å². The molecule has 1 aromatic carbocycles. The lowest BCUT2D eigenvalue weighted by atomic mass is 9.80. The molecule has 19 heavy (non-hydrogen) atoms. The number of carbonyl (C=O) groups is 1. The predicted octanol–water partition coefficient (Wildman–Crippen LogP) is 5.15. The van der Waals surface area contributed by atoms with Crippen LogP contribution in [0.15, 0.2) is 12.1 Å². The Labute approximate surface area is 119 Å². The van der Waals surface area contributed by atoms with E-state index in [4.69, 9.17) is 11.6 Å². The summed E-state index contributed by atoms with van der Waals surface area (Å²) in [5, 5.41) is 0.0457. The highest BCUT2D eigenvalue weighted by atomic mass is 35.5. The second kappa shape index (κ2) is 5.24. The Morgan fingerprint density at radius 1 is 1.37 bits per heavy atom. The number of hydrogen-bond acceptors (Lipinski definition) is 1. The molecular weight excluding hydrogens is 263 g/mol. The van der Waals surface area contributed by atoms with Crippen LogP contribution in [0.3, 0.4) is 0 Å². The minimum absolute atomic E-state index is 0.0457. The van der Waals surface area contributed by atoms with Gasteiger partial charge in [-0.15, -0.1) is 0 Å². The van der Waals surface area contributed by atoms with Crippen LogP contribution in [0.1, 0.15) is 62.4 Å². The van der Waals surface area contributed by atoms with Gasteiger partial charge in [0.05, 0.1) is 5.02 Å². The van der Waals surface area contributed by atoms with E-state index in [1.807, 2.05) is 20.8 Å². The van der Waals surface area contributed by atoms with Crippen molar-refractivity contribution in [3.63, 3.8) is 0 Å².